The highest BCUT2D eigenvalue weighted by atomic mass is 16.2. The van der Waals surface area contributed by atoms with Crippen LogP contribution in [0.15, 0.2) is 24.3 Å². The average molecular weight is 188 g/mol. The van der Waals surface area contributed by atoms with Crippen molar-refractivity contribution < 1.29 is 5.11 Å². The molecule has 1 aromatic carbocycles. The van der Waals surface area contributed by atoms with Crippen LogP contribution in [-0.2, 0) is 5.41 Å². The number of rotatable bonds is 0. The largest absolute Gasteiger partial charge is 0.384 e. The summed E-state index contributed by atoms with van der Waals surface area (Å²) in [6.07, 6.45) is 0. The molecule has 0 saturated carbocycles. The molecule has 0 heterocycles. The fourth-order valence-corrected chi connectivity index (χ4v) is 1.21. The first-order chi connectivity index (χ1) is 6.54. The van der Waals surface area contributed by atoms with E-state index in [1.165, 1.54) is 5.56 Å². The minimum atomic E-state index is -0.0836. The number of hydrogen-bond acceptors (Lipinski definition) is 1. The van der Waals surface area contributed by atoms with Crippen LogP contribution < -0.4 is 0 Å². The Bertz CT molecular complexity index is 361. The van der Waals surface area contributed by atoms with Crippen LogP contribution in [0, 0.1) is 11.8 Å². The fourth-order valence-electron chi connectivity index (χ4n) is 1.21. The summed E-state index contributed by atoms with van der Waals surface area (Å²) in [6.45, 7) is 6.43. The van der Waals surface area contributed by atoms with Crippen molar-refractivity contribution in [1.29, 1.82) is 0 Å². The van der Waals surface area contributed by atoms with Crippen molar-refractivity contribution in [3.8, 4) is 11.8 Å². The van der Waals surface area contributed by atoms with E-state index in [0.717, 1.165) is 5.56 Å². The van der Waals surface area contributed by atoms with Crippen LogP contribution in [0.25, 0.3) is 0 Å². The molecule has 14 heavy (non-hydrogen) atoms. The van der Waals surface area contributed by atoms with Gasteiger partial charge in [0.2, 0.25) is 0 Å². The summed E-state index contributed by atoms with van der Waals surface area (Å²) in [5, 5.41) is 8.58. The Morgan fingerprint density at radius 2 is 2.00 bits per heavy atom. The summed E-state index contributed by atoms with van der Waals surface area (Å²) in [5.41, 5.74) is 2.38. The molecule has 0 spiro atoms. The molecule has 0 atom stereocenters. The Morgan fingerprint density at radius 3 is 2.57 bits per heavy atom. The maximum Gasteiger partial charge on any atom is 0.104 e. The van der Waals surface area contributed by atoms with Crippen molar-refractivity contribution >= 4 is 0 Å². The van der Waals surface area contributed by atoms with E-state index in [1.54, 1.807) is 0 Å². The van der Waals surface area contributed by atoms with Gasteiger partial charge in [-0.3, -0.25) is 0 Å². The summed E-state index contributed by atoms with van der Waals surface area (Å²) >= 11 is 0. The van der Waals surface area contributed by atoms with E-state index in [-0.39, 0.29) is 12.0 Å². The van der Waals surface area contributed by atoms with Crippen molar-refractivity contribution in [1.82, 2.24) is 0 Å². The molecule has 1 N–H and O–H groups in total. The highest BCUT2D eigenvalue weighted by Crippen LogP contribution is 2.22. The van der Waals surface area contributed by atoms with Gasteiger partial charge in [-0.15, -0.1) is 0 Å². The van der Waals surface area contributed by atoms with E-state index < -0.39 is 0 Å². The molecule has 0 aromatic heterocycles. The molecule has 0 unspecified atom stereocenters. The van der Waals surface area contributed by atoms with Gasteiger partial charge in [-0.05, 0) is 23.1 Å². The van der Waals surface area contributed by atoms with Gasteiger partial charge in [0.1, 0.15) is 6.61 Å². The van der Waals surface area contributed by atoms with Gasteiger partial charge in [-0.2, -0.15) is 0 Å². The van der Waals surface area contributed by atoms with Crippen LogP contribution in [-0.4, -0.2) is 11.7 Å². The number of aliphatic hydroxyl groups is 1. The van der Waals surface area contributed by atoms with Crippen molar-refractivity contribution in [3.05, 3.63) is 35.4 Å². The molecule has 0 radical (unpaired) electrons. The minimum absolute atomic E-state index is 0.0836. The lowest BCUT2D eigenvalue weighted by Gasteiger charge is -2.18. The van der Waals surface area contributed by atoms with Crippen LogP contribution in [0.1, 0.15) is 31.9 Å². The third kappa shape index (κ3) is 2.90. The summed E-state index contributed by atoms with van der Waals surface area (Å²) in [6, 6.07) is 8.13. The van der Waals surface area contributed by atoms with E-state index in [2.05, 4.69) is 44.7 Å². The predicted molar refractivity (Wildman–Crippen MR) is 59.1 cm³/mol. The van der Waals surface area contributed by atoms with Crippen LogP contribution in [0.4, 0.5) is 0 Å². The first kappa shape index (κ1) is 10.8. The SMILES string of the molecule is CC(C)(C)c1cccc(C#CCO)c1. The molecular weight excluding hydrogens is 172 g/mol. The molecule has 0 bridgehead atoms. The van der Waals surface area contributed by atoms with Gasteiger partial charge < -0.3 is 5.11 Å². The maximum absolute atomic E-state index is 8.58. The first-order valence-electron chi connectivity index (χ1n) is 4.74. The average Bonchev–Trinajstić information content (AvgIpc) is 2.14. The zero-order valence-electron chi connectivity index (χ0n) is 8.96. The molecule has 0 aliphatic rings. The van der Waals surface area contributed by atoms with Crippen LogP contribution in [0.2, 0.25) is 0 Å². The molecular formula is C13H16O. The topological polar surface area (TPSA) is 20.2 Å². The van der Waals surface area contributed by atoms with Crippen LogP contribution in [0.3, 0.4) is 0 Å². The van der Waals surface area contributed by atoms with Crippen LogP contribution in [0.5, 0.6) is 0 Å². The molecule has 1 heteroatoms. The molecule has 1 nitrogen and oxygen atoms in total. The smallest absolute Gasteiger partial charge is 0.104 e. The molecule has 1 rings (SSSR count). The number of benzene rings is 1. The summed E-state index contributed by atoms with van der Waals surface area (Å²) in [5.74, 6) is 5.56. The van der Waals surface area contributed by atoms with E-state index in [4.69, 9.17) is 5.11 Å². The standard InChI is InChI=1S/C13H16O/c1-13(2,3)12-8-4-6-11(10-12)7-5-9-14/h4,6,8,10,14H,9H2,1-3H3. The second kappa shape index (κ2) is 4.30. The lowest BCUT2D eigenvalue weighted by atomic mass is 9.86. The molecule has 0 fully saturated rings. The lowest BCUT2D eigenvalue weighted by molar-refractivity contribution is 0.350. The van der Waals surface area contributed by atoms with Gasteiger partial charge in [0.05, 0.1) is 0 Å². The van der Waals surface area contributed by atoms with E-state index in [0.29, 0.717) is 0 Å². The van der Waals surface area contributed by atoms with E-state index >= 15 is 0 Å². The normalized spacial score (nSPS) is 10.6. The summed E-state index contributed by atoms with van der Waals surface area (Å²) < 4.78 is 0. The Morgan fingerprint density at radius 1 is 1.29 bits per heavy atom. The number of hydrogen-bond donors (Lipinski definition) is 1. The summed E-state index contributed by atoms with van der Waals surface area (Å²) in [4.78, 5) is 0. The van der Waals surface area contributed by atoms with Gasteiger partial charge in [-0.25, -0.2) is 0 Å². The Labute approximate surface area is 85.8 Å². The van der Waals surface area contributed by atoms with Gasteiger partial charge in [0.25, 0.3) is 0 Å². The quantitative estimate of drug-likeness (QED) is 0.619. The zero-order chi connectivity index (χ0) is 10.6. The number of aliphatic hydroxyl groups excluding tert-OH is 1. The van der Waals surface area contributed by atoms with Gasteiger partial charge in [0, 0.05) is 5.56 Å². The third-order valence-electron chi connectivity index (χ3n) is 2.04. The van der Waals surface area contributed by atoms with E-state index in [9.17, 15) is 0 Å². The molecule has 74 valence electrons. The van der Waals surface area contributed by atoms with Crippen molar-refractivity contribution in [2.24, 2.45) is 0 Å². The van der Waals surface area contributed by atoms with Gasteiger partial charge >= 0.3 is 0 Å². The summed E-state index contributed by atoms with van der Waals surface area (Å²) in [7, 11) is 0. The molecule has 0 amide bonds. The van der Waals surface area contributed by atoms with Crippen molar-refractivity contribution in [3.63, 3.8) is 0 Å². The second-order valence-electron chi connectivity index (χ2n) is 4.29. The maximum atomic E-state index is 8.58. The zero-order valence-corrected chi connectivity index (χ0v) is 8.96. The molecule has 0 saturated heterocycles. The van der Waals surface area contributed by atoms with Crippen LogP contribution >= 0.6 is 0 Å². The highest BCUT2D eigenvalue weighted by Gasteiger charge is 2.12. The lowest BCUT2D eigenvalue weighted by Crippen LogP contribution is -2.10. The van der Waals surface area contributed by atoms with Crippen molar-refractivity contribution in [2.45, 2.75) is 26.2 Å². The molecule has 0 aliphatic heterocycles. The first-order valence-corrected chi connectivity index (χ1v) is 4.74. The van der Waals surface area contributed by atoms with Crippen molar-refractivity contribution in [2.75, 3.05) is 6.61 Å². The fraction of sp³-hybridized carbons (Fsp3) is 0.385. The van der Waals surface area contributed by atoms with E-state index in [1.807, 2.05) is 12.1 Å². The minimum Gasteiger partial charge on any atom is -0.384 e. The monoisotopic (exact) mass is 188 g/mol. The van der Waals surface area contributed by atoms with Gasteiger partial charge in [-0.1, -0.05) is 44.7 Å². The Balaban J connectivity index is 3.02. The molecule has 1 aromatic rings. The third-order valence-corrected chi connectivity index (χ3v) is 2.04. The Hall–Kier alpha value is -1.26. The van der Waals surface area contributed by atoms with Gasteiger partial charge in [0.15, 0.2) is 0 Å². The second-order valence-corrected chi connectivity index (χ2v) is 4.29. The highest BCUT2D eigenvalue weighted by molar-refractivity contribution is 5.39. The predicted octanol–water partition coefficient (Wildman–Crippen LogP) is 2.33. The molecule has 0 aliphatic carbocycles. The Kier molecular flexibility index (Phi) is 3.33.